The number of ether oxygens (including phenoxy) is 1. The lowest BCUT2D eigenvalue weighted by atomic mass is 10.4. The van der Waals surface area contributed by atoms with E-state index in [1.54, 1.807) is 19.4 Å². The Kier molecular flexibility index (Phi) is 8.96. The predicted molar refractivity (Wildman–Crippen MR) is 93.2 cm³/mol. The number of guanidine groups is 1. The van der Waals surface area contributed by atoms with Gasteiger partial charge in [0.1, 0.15) is 5.82 Å². The van der Waals surface area contributed by atoms with E-state index in [4.69, 9.17) is 27.9 Å². The number of anilines is 1. The number of methoxy groups -OCH3 is 1. The van der Waals surface area contributed by atoms with Gasteiger partial charge >= 0.3 is 0 Å². The second kappa shape index (κ2) is 10.5. The van der Waals surface area contributed by atoms with Crippen molar-refractivity contribution >= 4 is 35.0 Å². The molecule has 8 heteroatoms. The van der Waals surface area contributed by atoms with Gasteiger partial charge in [0.25, 0.3) is 0 Å². The van der Waals surface area contributed by atoms with Crippen molar-refractivity contribution in [3.63, 3.8) is 0 Å². The lowest BCUT2D eigenvalue weighted by molar-refractivity contribution is 0.179. The highest BCUT2D eigenvalue weighted by atomic mass is 35.5. The summed E-state index contributed by atoms with van der Waals surface area (Å²) < 4.78 is 5.10. The first-order valence-electron chi connectivity index (χ1n) is 7.15. The van der Waals surface area contributed by atoms with Gasteiger partial charge in [-0.2, -0.15) is 0 Å². The van der Waals surface area contributed by atoms with Gasteiger partial charge in [-0.1, -0.05) is 23.2 Å². The number of aliphatic imine (C=N–C) groups is 1. The second-order valence-electron chi connectivity index (χ2n) is 4.67. The molecule has 0 aromatic carbocycles. The Morgan fingerprint density at radius 3 is 2.86 bits per heavy atom. The summed E-state index contributed by atoms with van der Waals surface area (Å²) in [7, 11) is 1.68. The van der Waals surface area contributed by atoms with E-state index < -0.39 is 0 Å². The summed E-state index contributed by atoms with van der Waals surface area (Å²) in [5.41, 5.74) is 0. The lowest BCUT2D eigenvalue weighted by Crippen LogP contribution is -2.44. The number of nitrogens with zero attached hydrogens (tertiary/aromatic N) is 2. The van der Waals surface area contributed by atoms with Crippen LogP contribution in [0.5, 0.6) is 0 Å². The van der Waals surface area contributed by atoms with E-state index in [1.807, 2.05) is 13.8 Å². The van der Waals surface area contributed by atoms with Crippen LogP contribution in [0.15, 0.2) is 17.3 Å². The van der Waals surface area contributed by atoms with E-state index in [0.29, 0.717) is 35.6 Å². The van der Waals surface area contributed by atoms with Crippen molar-refractivity contribution in [3.8, 4) is 0 Å². The molecule has 0 amide bonds. The van der Waals surface area contributed by atoms with Crippen molar-refractivity contribution in [1.29, 1.82) is 0 Å². The fourth-order valence-electron chi connectivity index (χ4n) is 1.73. The van der Waals surface area contributed by atoms with Crippen LogP contribution in [0.2, 0.25) is 10.0 Å². The molecular weight excluding hydrogens is 325 g/mol. The summed E-state index contributed by atoms with van der Waals surface area (Å²) in [6, 6.07) is 1.84. The predicted octanol–water partition coefficient (Wildman–Crippen LogP) is 2.39. The molecule has 1 rings (SSSR count). The number of aromatic nitrogens is 1. The van der Waals surface area contributed by atoms with Gasteiger partial charge in [0, 0.05) is 32.4 Å². The average molecular weight is 348 g/mol. The molecule has 0 saturated carbocycles. The average Bonchev–Trinajstić information content (AvgIpc) is 2.45. The standard InChI is InChI=1S/C14H23Cl2N5O/c1-4-17-14(21-10(2)9-22-3)19-6-5-18-13-12(16)7-11(15)8-20-13/h7-8,10H,4-6,9H2,1-3H3,(H,18,20)(H2,17,19,21). The minimum absolute atomic E-state index is 0.183. The van der Waals surface area contributed by atoms with Crippen LogP contribution in [-0.4, -0.2) is 50.3 Å². The molecule has 1 aromatic rings. The molecule has 1 heterocycles. The van der Waals surface area contributed by atoms with Gasteiger partial charge in [-0.3, -0.25) is 4.99 Å². The van der Waals surface area contributed by atoms with Crippen molar-refractivity contribution in [1.82, 2.24) is 15.6 Å². The molecule has 0 saturated heterocycles. The first-order valence-corrected chi connectivity index (χ1v) is 7.91. The van der Waals surface area contributed by atoms with E-state index in [-0.39, 0.29) is 6.04 Å². The summed E-state index contributed by atoms with van der Waals surface area (Å²) in [4.78, 5) is 8.61. The van der Waals surface area contributed by atoms with Gasteiger partial charge in [0.05, 0.1) is 23.2 Å². The van der Waals surface area contributed by atoms with E-state index in [1.165, 1.54) is 0 Å². The zero-order valence-corrected chi connectivity index (χ0v) is 14.6. The monoisotopic (exact) mass is 347 g/mol. The molecule has 124 valence electrons. The molecule has 0 radical (unpaired) electrons. The summed E-state index contributed by atoms with van der Waals surface area (Å²) in [5, 5.41) is 10.6. The van der Waals surface area contributed by atoms with Crippen LogP contribution < -0.4 is 16.0 Å². The second-order valence-corrected chi connectivity index (χ2v) is 5.52. The van der Waals surface area contributed by atoms with E-state index in [2.05, 4.69) is 25.9 Å². The molecule has 0 aliphatic carbocycles. The zero-order chi connectivity index (χ0) is 16.4. The van der Waals surface area contributed by atoms with E-state index >= 15 is 0 Å². The fraction of sp³-hybridized carbons (Fsp3) is 0.571. The Bertz CT molecular complexity index is 484. The molecular formula is C14H23Cl2N5O. The topological polar surface area (TPSA) is 70.6 Å². The van der Waals surface area contributed by atoms with Crippen LogP contribution in [-0.2, 0) is 4.74 Å². The van der Waals surface area contributed by atoms with Gasteiger partial charge in [-0.15, -0.1) is 0 Å². The highest BCUT2D eigenvalue weighted by molar-refractivity contribution is 6.35. The minimum Gasteiger partial charge on any atom is -0.383 e. The number of nitrogens with one attached hydrogen (secondary N) is 3. The first kappa shape index (κ1) is 18.8. The first-order chi connectivity index (χ1) is 10.6. The Hall–Kier alpha value is -1.24. The van der Waals surface area contributed by atoms with Crippen LogP contribution in [0.25, 0.3) is 0 Å². The maximum absolute atomic E-state index is 6.04. The van der Waals surface area contributed by atoms with Gasteiger partial charge in [0.2, 0.25) is 0 Å². The van der Waals surface area contributed by atoms with Crippen molar-refractivity contribution in [2.24, 2.45) is 4.99 Å². The van der Waals surface area contributed by atoms with Gasteiger partial charge < -0.3 is 20.7 Å². The third-order valence-corrected chi connectivity index (χ3v) is 3.12. The Morgan fingerprint density at radius 1 is 1.45 bits per heavy atom. The smallest absolute Gasteiger partial charge is 0.191 e. The highest BCUT2D eigenvalue weighted by Gasteiger charge is 2.04. The normalized spacial score (nSPS) is 12.9. The maximum atomic E-state index is 6.04. The summed E-state index contributed by atoms with van der Waals surface area (Å²) in [6.07, 6.45) is 1.55. The molecule has 3 N–H and O–H groups in total. The van der Waals surface area contributed by atoms with Crippen molar-refractivity contribution in [3.05, 3.63) is 22.3 Å². The van der Waals surface area contributed by atoms with Gasteiger partial charge in [-0.25, -0.2) is 4.98 Å². The highest BCUT2D eigenvalue weighted by Crippen LogP contribution is 2.21. The van der Waals surface area contributed by atoms with E-state index in [0.717, 1.165) is 12.5 Å². The summed E-state index contributed by atoms with van der Waals surface area (Å²) >= 11 is 11.8. The maximum Gasteiger partial charge on any atom is 0.191 e. The molecule has 22 heavy (non-hydrogen) atoms. The molecule has 1 unspecified atom stereocenters. The number of hydrogen-bond donors (Lipinski definition) is 3. The van der Waals surface area contributed by atoms with Crippen LogP contribution >= 0.6 is 23.2 Å². The Balaban J connectivity index is 2.46. The third kappa shape index (κ3) is 7.15. The Morgan fingerprint density at radius 2 is 2.23 bits per heavy atom. The number of rotatable bonds is 8. The van der Waals surface area contributed by atoms with Crippen LogP contribution in [0.3, 0.4) is 0 Å². The number of halogens is 2. The molecule has 0 spiro atoms. The molecule has 1 atom stereocenters. The number of hydrogen-bond acceptors (Lipinski definition) is 4. The molecule has 6 nitrogen and oxygen atoms in total. The SMILES string of the molecule is CCNC(=NCCNc1ncc(Cl)cc1Cl)NC(C)COC. The van der Waals surface area contributed by atoms with Crippen molar-refractivity contribution < 1.29 is 4.74 Å². The minimum atomic E-state index is 0.183. The van der Waals surface area contributed by atoms with Crippen molar-refractivity contribution in [2.75, 3.05) is 38.7 Å². The van der Waals surface area contributed by atoms with E-state index in [9.17, 15) is 0 Å². The zero-order valence-electron chi connectivity index (χ0n) is 13.1. The summed E-state index contributed by atoms with van der Waals surface area (Å²) in [6.45, 7) is 6.66. The Labute approximate surface area is 141 Å². The molecule has 0 fully saturated rings. The third-order valence-electron chi connectivity index (χ3n) is 2.63. The fourth-order valence-corrected chi connectivity index (χ4v) is 2.18. The largest absolute Gasteiger partial charge is 0.383 e. The summed E-state index contributed by atoms with van der Waals surface area (Å²) in [5.74, 6) is 1.36. The van der Waals surface area contributed by atoms with Crippen molar-refractivity contribution in [2.45, 2.75) is 19.9 Å². The van der Waals surface area contributed by atoms with Gasteiger partial charge in [-0.05, 0) is 19.9 Å². The molecule has 0 aliphatic rings. The quantitative estimate of drug-likeness (QED) is 0.382. The molecule has 1 aromatic heterocycles. The molecule has 0 bridgehead atoms. The van der Waals surface area contributed by atoms with Crippen LogP contribution in [0.1, 0.15) is 13.8 Å². The molecule has 0 aliphatic heterocycles. The van der Waals surface area contributed by atoms with Crippen LogP contribution in [0, 0.1) is 0 Å². The van der Waals surface area contributed by atoms with Gasteiger partial charge in [0.15, 0.2) is 5.96 Å². The number of pyridine rings is 1. The lowest BCUT2D eigenvalue weighted by Gasteiger charge is -2.17. The van der Waals surface area contributed by atoms with Crippen LogP contribution in [0.4, 0.5) is 5.82 Å².